The Morgan fingerprint density at radius 3 is 2.03 bits per heavy atom. The first kappa shape index (κ1) is 28.6. The van der Waals surface area contributed by atoms with E-state index in [-0.39, 0.29) is 11.7 Å². The molecule has 1 aliphatic rings. The van der Waals surface area contributed by atoms with Crippen molar-refractivity contribution in [2.24, 2.45) is 0 Å². The molecule has 1 aliphatic heterocycles. The van der Waals surface area contributed by atoms with Gasteiger partial charge in [-0.2, -0.15) is 13.2 Å². The summed E-state index contributed by atoms with van der Waals surface area (Å²) in [6.07, 6.45) is 1.24. The fraction of sp³-hybridized carbons (Fsp3) is 0.394. The molecule has 0 aliphatic carbocycles. The Balaban J connectivity index is 1.30. The highest BCUT2D eigenvalue weighted by molar-refractivity contribution is 5.90. The Labute approximate surface area is 229 Å². The van der Waals surface area contributed by atoms with Crippen molar-refractivity contribution in [3.63, 3.8) is 0 Å². The summed E-state index contributed by atoms with van der Waals surface area (Å²) in [6.45, 7) is 1.12. The lowest BCUT2D eigenvalue weighted by Gasteiger charge is -2.41. The molecule has 0 N–H and O–H groups in total. The second kappa shape index (κ2) is 13.1. The van der Waals surface area contributed by atoms with Crippen molar-refractivity contribution in [2.45, 2.75) is 69.4 Å². The van der Waals surface area contributed by atoms with Crippen LogP contribution in [0.5, 0.6) is 0 Å². The highest BCUT2D eigenvalue weighted by atomic mass is 19.4. The third kappa shape index (κ3) is 7.59. The number of ketones is 1. The van der Waals surface area contributed by atoms with E-state index in [0.717, 1.165) is 30.0 Å². The van der Waals surface area contributed by atoms with Crippen molar-refractivity contribution < 1.29 is 22.8 Å². The van der Waals surface area contributed by atoms with Crippen molar-refractivity contribution in [1.29, 1.82) is 0 Å². The molecule has 39 heavy (non-hydrogen) atoms. The molecule has 1 amide bonds. The number of likely N-dealkylation sites (tertiary alicyclic amines) is 1. The lowest BCUT2D eigenvalue weighted by molar-refractivity contribution is -0.137. The summed E-state index contributed by atoms with van der Waals surface area (Å²) < 4.78 is 38.9. The van der Waals surface area contributed by atoms with Gasteiger partial charge in [0.25, 0.3) is 0 Å². The van der Waals surface area contributed by atoms with E-state index in [9.17, 15) is 22.8 Å². The summed E-state index contributed by atoms with van der Waals surface area (Å²) in [6, 6.07) is 25.3. The number of halogens is 3. The SMILES string of the molecule is O=C(CCc1ccccc1)N1CCC(C(=O)CCCCCc2cccc(C(F)(F)F)c2)(c2ccccc2)CC1. The minimum Gasteiger partial charge on any atom is -0.343 e. The Bertz CT molecular complexity index is 1220. The Morgan fingerprint density at radius 2 is 1.36 bits per heavy atom. The van der Waals surface area contributed by atoms with E-state index < -0.39 is 17.2 Å². The number of hydrogen-bond acceptors (Lipinski definition) is 2. The molecule has 206 valence electrons. The first-order valence-corrected chi connectivity index (χ1v) is 13.8. The fourth-order valence-corrected chi connectivity index (χ4v) is 5.61. The number of carbonyl (C=O) groups is 2. The molecule has 0 radical (unpaired) electrons. The molecule has 0 bridgehead atoms. The van der Waals surface area contributed by atoms with Gasteiger partial charge in [0.2, 0.25) is 5.91 Å². The smallest absolute Gasteiger partial charge is 0.343 e. The van der Waals surface area contributed by atoms with E-state index in [1.54, 1.807) is 6.07 Å². The Kier molecular flexibility index (Phi) is 9.60. The molecule has 1 fully saturated rings. The van der Waals surface area contributed by atoms with Crippen LogP contribution in [0.1, 0.15) is 67.2 Å². The zero-order valence-electron chi connectivity index (χ0n) is 22.3. The zero-order valence-corrected chi connectivity index (χ0v) is 22.3. The van der Waals surface area contributed by atoms with Crippen LogP contribution in [0.2, 0.25) is 0 Å². The van der Waals surface area contributed by atoms with Gasteiger partial charge in [0.05, 0.1) is 11.0 Å². The molecule has 0 aromatic heterocycles. The van der Waals surface area contributed by atoms with Gasteiger partial charge in [-0.3, -0.25) is 9.59 Å². The van der Waals surface area contributed by atoms with Gasteiger partial charge < -0.3 is 4.90 Å². The summed E-state index contributed by atoms with van der Waals surface area (Å²) in [7, 11) is 0. The van der Waals surface area contributed by atoms with Crippen molar-refractivity contribution >= 4 is 11.7 Å². The number of carbonyl (C=O) groups excluding carboxylic acids is 2. The second-order valence-electron chi connectivity index (χ2n) is 10.5. The average Bonchev–Trinajstić information content (AvgIpc) is 2.96. The van der Waals surface area contributed by atoms with Gasteiger partial charge >= 0.3 is 6.18 Å². The van der Waals surface area contributed by atoms with E-state index in [1.807, 2.05) is 65.6 Å². The standard InChI is InChI=1S/C33H36F3NO2/c34-33(35,36)29-17-10-14-27(25-29)13-6-2-9-18-30(38)32(28-15-7-3-8-16-28)21-23-37(24-22-32)31(39)20-19-26-11-4-1-5-12-26/h1,3-5,7-8,10-12,14-17,25H,2,6,9,13,18-24H2. The van der Waals surface area contributed by atoms with Gasteiger partial charge in [0.1, 0.15) is 5.78 Å². The first-order valence-electron chi connectivity index (χ1n) is 13.8. The van der Waals surface area contributed by atoms with Crippen LogP contribution in [0, 0.1) is 0 Å². The quantitative estimate of drug-likeness (QED) is 0.238. The van der Waals surface area contributed by atoms with Crippen LogP contribution in [0.25, 0.3) is 0 Å². The van der Waals surface area contributed by atoms with Crippen LogP contribution in [0.3, 0.4) is 0 Å². The molecular formula is C33H36F3NO2. The van der Waals surface area contributed by atoms with Gasteiger partial charge in [-0.05, 0) is 61.3 Å². The number of Topliss-reactive ketones (excluding diaryl/α,β-unsaturated/α-hetero) is 1. The molecule has 4 rings (SSSR count). The van der Waals surface area contributed by atoms with Crippen LogP contribution in [-0.2, 0) is 34.0 Å². The van der Waals surface area contributed by atoms with Gasteiger partial charge in [-0.15, -0.1) is 0 Å². The number of benzene rings is 3. The van der Waals surface area contributed by atoms with Crippen molar-refractivity contribution in [1.82, 2.24) is 4.90 Å². The molecule has 0 spiro atoms. The second-order valence-corrected chi connectivity index (χ2v) is 10.5. The molecule has 1 heterocycles. The molecule has 0 atom stereocenters. The molecular weight excluding hydrogens is 499 g/mol. The molecule has 6 heteroatoms. The normalized spacial score (nSPS) is 15.2. The number of unbranched alkanes of at least 4 members (excludes halogenated alkanes) is 2. The lowest BCUT2D eigenvalue weighted by Crippen LogP contribution is -2.49. The van der Waals surface area contributed by atoms with Crippen LogP contribution in [0.15, 0.2) is 84.9 Å². The molecule has 0 unspecified atom stereocenters. The summed E-state index contributed by atoms with van der Waals surface area (Å²) in [5.41, 5.74) is 1.60. The van der Waals surface area contributed by atoms with E-state index in [1.165, 1.54) is 12.1 Å². The topological polar surface area (TPSA) is 37.4 Å². The fourth-order valence-electron chi connectivity index (χ4n) is 5.61. The minimum atomic E-state index is -4.34. The van der Waals surface area contributed by atoms with Crippen LogP contribution in [0.4, 0.5) is 13.2 Å². The van der Waals surface area contributed by atoms with Gasteiger partial charge in [0, 0.05) is 25.9 Å². The molecule has 3 aromatic carbocycles. The van der Waals surface area contributed by atoms with E-state index in [4.69, 9.17) is 0 Å². The monoisotopic (exact) mass is 535 g/mol. The number of hydrogen-bond donors (Lipinski definition) is 0. The summed E-state index contributed by atoms with van der Waals surface area (Å²) in [4.78, 5) is 28.5. The molecule has 3 nitrogen and oxygen atoms in total. The maximum Gasteiger partial charge on any atom is 0.416 e. The van der Waals surface area contributed by atoms with Crippen molar-refractivity contribution in [3.8, 4) is 0 Å². The van der Waals surface area contributed by atoms with Crippen LogP contribution in [-0.4, -0.2) is 29.7 Å². The van der Waals surface area contributed by atoms with Gasteiger partial charge in [-0.25, -0.2) is 0 Å². The van der Waals surface area contributed by atoms with Crippen molar-refractivity contribution in [3.05, 3.63) is 107 Å². The number of nitrogens with zero attached hydrogens (tertiary/aromatic N) is 1. The third-order valence-electron chi connectivity index (χ3n) is 7.92. The minimum absolute atomic E-state index is 0.127. The van der Waals surface area contributed by atoms with Crippen LogP contribution >= 0.6 is 0 Å². The number of rotatable bonds is 11. The zero-order chi connectivity index (χ0) is 27.7. The lowest BCUT2D eigenvalue weighted by atomic mass is 9.68. The first-order chi connectivity index (χ1) is 18.8. The predicted molar refractivity (Wildman–Crippen MR) is 147 cm³/mol. The van der Waals surface area contributed by atoms with Crippen molar-refractivity contribution in [2.75, 3.05) is 13.1 Å². The third-order valence-corrected chi connectivity index (χ3v) is 7.92. The number of aryl methyl sites for hydroxylation is 2. The van der Waals surface area contributed by atoms with Gasteiger partial charge in [-0.1, -0.05) is 85.3 Å². The number of alkyl halides is 3. The average molecular weight is 536 g/mol. The maximum atomic E-state index is 13.7. The Morgan fingerprint density at radius 1 is 0.718 bits per heavy atom. The van der Waals surface area contributed by atoms with E-state index in [0.29, 0.717) is 63.6 Å². The number of piperidine rings is 1. The van der Waals surface area contributed by atoms with Gasteiger partial charge in [0.15, 0.2) is 0 Å². The Hall–Kier alpha value is -3.41. The highest BCUT2D eigenvalue weighted by Crippen LogP contribution is 2.38. The van der Waals surface area contributed by atoms with E-state index >= 15 is 0 Å². The largest absolute Gasteiger partial charge is 0.416 e. The summed E-state index contributed by atoms with van der Waals surface area (Å²) >= 11 is 0. The van der Waals surface area contributed by atoms with E-state index in [2.05, 4.69) is 0 Å². The summed E-state index contributed by atoms with van der Waals surface area (Å²) in [5, 5.41) is 0. The highest BCUT2D eigenvalue weighted by Gasteiger charge is 2.42. The molecule has 1 saturated heterocycles. The molecule has 3 aromatic rings. The van der Waals surface area contributed by atoms with Crippen LogP contribution < -0.4 is 0 Å². The summed E-state index contributed by atoms with van der Waals surface area (Å²) in [5.74, 6) is 0.326. The predicted octanol–water partition coefficient (Wildman–Crippen LogP) is 7.57. The number of amides is 1. The molecule has 0 saturated carbocycles. The maximum absolute atomic E-state index is 13.7.